The van der Waals surface area contributed by atoms with Crippen LogP contribution in [0.4, 0.5) is 10.2 Å². The third-order valence-electron chi connectivity index (χ3n) is 2.54. The number of nitrogen functional groups attached to an aromatic ring is 1. The van der Waals surface area contributed by atoms with Gasteiger partial charge in [-0.25, -0.2) is 9.18 Å². The van der Waals surface area contributed by atoms with Crippen LogP contribution in [0.25, 0.3) is 0 Å². The Hall–Kier alpha value is -1.18. The standard InChI is InChI=1S/C9H11ClFN3O3/c10-5-2-14(9(16)13-7(5)12)8-6(11)1-4(3-15)17-8/h2,4,6,8,15H,1,3H2,(H2,12,13,16)/t4-,6-,8+/m0/s1. The number of hydrogen-bond acceptors (Lipinski definition) is 5. The molecular weight excluding hydrogens is 253 g/mol. The molecule has 0 bridgehead atoms. The van der Waals surface area contributed by atoms with Gasteiger partial charge >= 0.3 is 5.69 Å². The topological polar surface area (TPSA) is 90.4 Å². The lowest BCUT2D eigenvalue weighted by Gasteiger charge is -2.16. The number of ether oxygens (including phenoxy) is 1. The minimum absolute atomic E-state index is 0.0234. The average Bonchev–Trinajstić information content (AvgIpc) is 2.65. The highest BCUT2D eigenvalue weighted by molar-refractivity contribution is 6.32. The fraction of sp³-hybridized carbons (Fsp3) is 0.556. The highest BCUT2D eigenvalue weighted by Gasteiger charge is 2.37. The van der Waals surface area contributed by atoms with Crippen molar-refractivity contribution >= 4 is 17.4 Å². The number of aliphatic hydroxyl groups is 1. The summed E-state index contributed by atoms with van der Waals surface area (Å²) in [5.74, 6) is -0.111. The van der Waals surface area contributed by atoms with E-state index in [-0.39, 0.29) is 23.9 Å². The van der Waals surface area contributed by atoms with Crippen LogP contribution in [0, 0.1) is 0 Å². The Bertz CT molecular complexity index is 481. The average molecular weight is 264 g/mol. The lowest BCUT2D eigenvalue weighted by molar-refractivity contribution is -0.0393. The molecule has 6 nitrogen and oxygen atoms in total. The molecule has 2 heterocycles. The number of hydrogen-bond donors (Lipinski definition) is 2. The monoisotopic (exact) mass is 263 g/mol. The van der Waals surface area contributed by atoms with Crippen molar-refractivity contribution in [3.8, 4) is 0 Å². The van der Waals surface area contributed by atoms with Crippen molar-refractivity contribution in [2.75, 3.05) is 12.3 Å². The smallest absolute Gasteiger partial charge is 0.351 e. The Morgan fingerprint density at radius 2 is 2.47 bits per heavy atom. The summed E-state index contributed by atoms with van der Waals surface area (Å²) >= 11 is 5.71. The van der Waals surface area contributed by atoms with Gasteiger partial charge in [-0.05, 0) is 0 Å². The van der Waals surface area contributed by atoms with E-state index in [2.05, 4.69) is 4.98 Å². The van der Waals surface area contributed by atoms with E-state index in [1.807, 2.05) is 0 Å². The van der Waals surface area contributed by atoms with Crippen LogP contribution in [-0.4, -0.2) is 33.5 Å². The molecule has 1 aliphatic rings. The summed E-state index contributed by atoms with van der Waals surface area (Å²) in [5.41, 5.74) is 4.61. The molecule has 0 unspecified atom stereocenters. The van der Waals surface area contributed by atoms with Gasteiger partial charge in [0.2, 0.25) is 0 Å². The van der Waals surface area contributed by atoms with Gasteiger partial charge in [0.25, 0.3) is 0 Å². The molecule has 3 atom stereocenters. The summed E-state index contributed by atoms with van der Waals surface area (Å²) in [5, 5.41) is 8.92. The third-order valence-corrected chi connectivity index (χ3v) is 2.83. The molecular formula is C9H11ClFN3O3. The fourth-order valence-electron chi connectivity index (χ4n) is 1.70. The van der Waals surface area contributed by atoms with E-state index < -0.39 is 24.2 Å². The van der Waals surface area contributed by atoms with E-state index in [0.29, 0.717) is 0 Å². The van der Waals surface area contributed by atoms with Gasteiger partial charge in [-0.1, -0.05) is 11.6 Å². The number of alkyl halides is 1. The van der Waals surface area contributed by atoms with Gasteiger partial charge < -0.3 is 15.6 Å². The summed E-state index contributed by atoms with van der Waals surface area (Å²) in [6, 6.07) is 0. The second kappa shape index (κ2) is 4.59. The van der Waals surface area contributed by atoms with E-state index in [9.17, 15) is 9.18 Å². The van der Waals surface area contributed by atoms with Crippen molar-refractivity contribution in [2.45, 2.75) is 24.9 Å². The number of halogens is 2. The normalized spacial score (nSPS) is 28.5. The van der Waals surface area contributed by atoms with Crippen LogP contribution >= 0.6 is 11.6 Å². The molecule has 1 aliphatic heterocycles. The first-order valence-electron chi connectivity index (χ1n) is 4.97. The maximum absolute atomic E-state index is 13.6. The first-order valence-corrected chi connectivity index (χ1v) is 5.35. The fourth-order valence-corrected chi connectivity index (χ4v) is 1.85. The summed E-state index contributed by atoms with van der Waals surface area (Å²) < 4.78 is 19.8. The van der Waals surface area contributed by atoms with E-state index in [1.165, 1.54) is 6.20 Å². The lowest BCUT2D eigenvalue weighted by Crippen LogP contribution is -2.31. The number of aromatic nitrogens is 2. The van der Waals surface area contributed by atoms with Crippen molar-refractivity contribution in [1.29, 1.82) is 0 Å². The Kier molecular flexibility index (Phi) is 3.32. The number of rotatable bonds is 2. The van der Waals surface area contributed by atoms with Crippen molar-refractivity contribution in [1.82, 2.24) is 9.55 Å². The molecule has 94 valence electrons. The minimum atomic E-state index is -1.40. The first kappa shape index (κ1) is 12.3. The van der Waals surface area contributed by atoms with E-state index in [0.717, 1.165) is 4.57 Å². The zero-order chi connectivity index (χ0) is 12.6. The Balaban J connectivity index is 2.35. The molecule has 3 N–H and O–H groups in total. The predicted octanol–water partition coefficient (Wildman–Crippen LogP) is 0.0968. The molecule has 0 radical (unpaired) electrons. The molecule has 0 aromatic carbocycles. The van der Waals surface area contributed by atoms with Gasteiger partial charge in [-0.15, -0.1) is 0 Å². The molecule has 1 aromatic rings. The maximum atomic E-state index is 13.6. The summed E-state index contributed by atoms with van der Waals surface area (Å²) in [6.45, 7) is -0.304. The summed E-state index contributed by atoms with van der Waals surface area (Å²) in [4.78, 5) is 15.0. The van der Waals surface area contributed by atoms with Crippen LogP contribution in [0.2, 0.25) is 5.02 Å². The van der Waals surface area contributed by atoms with Crippen LogP contribution in [0.5, 0.6) is 0 Å². The molecule has 0 spiro atoms. The Morgan fingerprint density at radius 3 is 3.06 bits per heavy atom. The first-order chi connectivity index (χ1) is 8.02. The second-order valence-corrected chi connectivity index (χ2v) is 4.15. The third kappa shape index (κ3) is 2.26. The summed E-state index contributed by atoms with van der Waals surface area (Å²) in [7, 11) is 0. The maximum Gasteiger partial charge on any atom is 0.351 e. The van der Waals surface area contributed by atoms with Gasteiger partial charge in [0.1, 0.15) is 12.0 Å². The molecule has 17 heavy (non-hydrogen) atoms. The molecule has 1 aromatic heterocycles. The van der Waals surface area contributed by atoms with E-state index in [1.54, 1.807) is 0 Å². The zero-order valence-electron chi connectivity index (χ0n) is 8.72. The van der Waals surface area contributed by atoms with E-state index in [4.69, 9.17) is 27.2 Å². The quantitative estimate of drug-likeness (QED) is 0.790. The van der Waals surface area contributed by atoms with Crippen LogP contribution in [0.3, 0.4) is 0 Å². The van der Waals surface area contributed by atoms with Crippen LogP contribution in [0.1, 0.15) is 12.6 Å². The number of nitrogens with zero attached hydrogens (tertiary/aromatic N) is 2. The van der Waals surface area contributed by atoms with Crippen molar-refractivity contribution in [3.63, 3.8) is 0 Å². The minimum Gasteiger partial charge on any atom is -0.394 e. The van der Waals surface area contributed by atoms with Crippen molar-refractivity contribution in [2.24, 2.45) is 0 Å². The number of aliphatic hydroxyl groups excluding tert-OH is 1. The zero-order valence-corrected chi connectivity index (χ0v) is 9.47. The molecule has 8 heteroatoms. The molecule has 0 amide bonds. The van der Waals surface area contributed by atoms with E-state index >= 15 is 0 Å². The lowest BCUT2D eigenvalue weighted by atomic mass is 10.2. The number of nitrogens with two attached hydrogens (primary N) is 1. The number of anilines is 1. The van der Waals surface area contributed by atoms with Gasteiger partial charge in [0.15, 0.2) is 6.23 Å². The van der Waals surface area contributed by atoms with Crippen molar-refractivity contribution < 1.29 is 14.2 Å². The Labute approximate surface area is 101 Å². The Morgan fingerprint density at radius 1 is 1.76 bits per heavy atom. The summed E-state index contributed by atoms with van der Waals surface area (Å²) in [6.07, 6.45) is -1.94. The highest BCUT2D eigenvalue weighted by Crippen LogP contribution is 2.30. The molecule has 0 aliphatic carbocycles. The predicted molar refractivity (Wildman–Crippen MR) is 58.4 cm³/mol. The molecule has 2 rings (SSSR count). The van der Waals surface area contributed by atoms with Crippen LogP contribution < -0.4 is 11.4 Å². The molecule has 0 saturated carbocycles. The van der Waals surface area contributed by atoms with Crippen LogP contribution in [0.15, 0.2) is 11.0 Å². The highest BCUT2D eigenvalue weighted by atomic mass is 35.5. The van der Waals surface area contributed by atoms with Crippen molar-refractivity contribution in [3.05, 3.63) is 21.7 Å². The second-order valence-electron chi connectivity index (χ2n) is 3.75. The van der Waals surface area contributed by atoms with Crippen LogP contribution in [-0.2, 0) is 4.74 Å². The van der Waals surface area contributed by atoms with Gasteiger partial charge in [0.05, 0.1) is 17.7 Å². The van der Waals surface area contributed by atoms with Gasteiger partial charge in [-0.3, -0.25) is 4.57 Å². The molecule has 1 saturated heterocycles. The van der Waals surface area contributed by atoms with Gasteiger partial charge in [0, 0.05) is 12.6 Å². The largest absolute Gasteiger partial charge is 0.394 e. The van der Waals surface area contributed by atoms with Gasteiger partial charge in [-0.2, -0.15) is 4.98 Å². The SMILES string of the molecule is Nc1nc(=O)n([C@@H]2O[C@H](CO)C[C@@H]2F)cc1Cl. The molecule has 1 fully saturated rings.